The molecular formula is C15H22Cl2N2O2. The topological polar surface area (TPSA) is 41.6 Å². The molecule has 0 spiro atoms. The second kappa shape index (κ2) is 8.59. The number of amides is 1. The third-order valence-corrected chi connectivity index (χ3v) is 3.91. The molecule has 0 aliphatic carbocycles. The van der Waals surface area contributed by atoms with Crippen molar-refractivity contribution in [3.05, 3.63) is 34.9 Å². The molecule has 21 heavy (non-hydrogen) atoms. The molecule has 1 saturated heterocycles. The van der Waals surface area contributed by atoms with Gasteiger partial charge in [0.05, 0.1) is 6.61 Å². The van der Waals surface area contributed by atoms with Crippen molar-refractivity contribution in [2.45, 2.75) is 25.5 Å². The molecule has 1 fully saturated rings. The molecule has 1 heterocycles. The molecule has 2 unspecified atom stereocenters. The first kappa shape index (κ1) is 18.2. The number of nitrogens with zero attached hydrogens (tertiary/aromatic N) is 1. The minimum atomic E-state index is -0.360. The fourth-order valence-corrected chi connectivity index (χ4v) is 2.39. The summed E-state index contributed by atoms with van der Waals surface area (Å²) in [4.78, 5) is 14.1. The Morgan fingerprint density at radius 1 is 1.48 bits per heavy atom. The predicted octanol–water partition coefficient (Wildman–Crippen LogP) is 2.14. The van der Waals surface area contributed by atoms with Crippen molar-refractivity contribution in [1.29, 1.82) is 0 Å². The van der Waals surface area contributed by atoms with E-state index in [0.29, 0.717) is 13.2 Å². The van der Waals surface area contributed by atoms with Crippen LogP contribution in [0.15, 0.2) is 24.3 Å². The number of hydrogen-bond acceptors (Lipinski definition) is 3. The van der Waals surface area contributed by atoms with E-state index >= 15 is 0 Å². The number of rotatable bonds is 4. The van der Waals surface area contributed by atoms with Crippen LogP contribution in [0.2, 0.25) is 5.02 Å². The molecule has 6 heteroatoms. The van der Waals surface area contributed by atoms with Gasteiger partial charge in [-0.25, -0.2) is 0 Å². The Hall–Kier alpha value is -0.810. The molecule has 1 aromatic rings. The summed E-state index contributed by atoms with van der Waals surface area (Å²) in [5.41, 5.74) is 1.17. The van der Waals surface area contributed by atoms with Gasteiger partial charge in [0.1, 0.15) is 6.10 Å². The summed E-state index contributed by atoms with van der Waals surface area (Å²) in [6, 6.07) is 7.86. The molecule has 0 bridgehead atoms. The first-order chi connectivity index (χ1) is 9.58. The van der Waals surface area contributed by atoms with Gasteiger partial charge in [-0.1, -0.05) is 23.7 Å². The average Bonchev–Trinajstić information content (AvgIpc) is 2.49. The van der Waals surface area contributed by atoms with Gasteiger partial charge in [0, 0.05) is 31.2 Å². The lowest BCUT2D eigenvalue weighted by molar-refractivity contribution is -0.145. The van der Waals surface area contributed by atoms with Crippen LogP contribution in [0.5, 0.6) is 0 Å². The maximum absolute atomic E-state index is 12.3. The molecule has 1 N–H and O–H groups in total. The molecule has 0 radical (unpaired) electrons. The van der Waals surface area contributed by atoms with Crippen LogP contribution in [0.4, 0.5) is 0 Å². The first-order valence-corrected chi connectivity index (χ1v) is 7.29. The summed E-state index contributed by atoms with van der Waals surface area (Å²) in [5, 5.41) is 3.91. The standard InChI is InChI=1S/C15H21ClN2O2.ClH/c1-11(9-12-3-5-13(16)6-4-12)18(2)15(19)14-10-17-7-8-20-14;/h3-6,11,14,17H,7-10H2,1-2H3;1H. The monoisotopic (exact) mass is 332 g/mol. The number of nitrogens with one attached hydrogen (secondary N) is 1. The Labute approximate surface area is 137 Å². The Kier molecular flexibility index (Phi) is 7.46. The van der Waals surface area contributed by atoms with Gasteiger partial charge in [-0.3, -0.25) is 4.79 Å². The summed E-state index contributed by atoms with van der Waals surface area (Å²) in [5.74, 6) is 0.0404. The van der Waals surface area contributed by atoms with E-state index in [0.717, 1.165) is 18.0 Å². The number of carbonyl (C=O) groups excluding carboxylic acids is 1. The van der Waals surface area contributed by atoms with Gasteiger partial charge < -0.3 is 15.0 Å². The van der Waals surface area contributed by atoms with E-state index in [4.69, 9.17) is 16.3 Å². The van der Waals surface area contributed by atoms with E-state index < -0.39 is 0 Å². The molecule has 1 aromatic carbocycles. The summed E-state index contributed by atoms with van der Waals surface area (Å²) in [6.07, 6.45) is 0.445. The van der Waals surface area contributed by atoms with Gasteiger partial charge >= 0.3 is 0 Å². The molecule has 0 aromatic heterocycles. The lowest BCUT2D eigenvalue weighted by Crippen LogP contribution is -2.50. The zero-order valence-electron chi connectivity index (χ0n) is 12.3. The van der Waals surface area contributed by atoms with Gasteiger partial charge in [0.25, 0.3) is 5.91 Å². The smallest absolute Gasteiger partial charge is 0.253 e. The zero-order valence-corrected chi connectivity index (χ0v) is 13.9. The third-order valence-electron chi connectivity index (χ3n) is 3.66. The molecule has 118 valence electrons. The minimum Gasteiger partial charge on any atom is -0.366 e. The van der Waals surface area contributed by atoms with Crippen molar-refractivity contribution in [3.63, 3.8) is 0 Å². The maximum atomic E-state index is 12.3. The Morgan fingerprint density at radius 3 is 2.71 bits per heavy atom. The van der Waals surface area contributed by atoms with E-state index in [2.05, 4.69) is 5.32 Å². The molecule has 1 amide bonds. The van der Waals surface area contributed by atoms with Crippen molar-refractivity contribution in [1.82, 2.24) is 10.2 Å². The van der Waals surface area contributed by atoms with Crippen molar-refractivity contribution in [2.24, 2.45) is 0 Å². The van der Waals surface area contributed by atoms with Crippen LogP contribution < -0.4 is 5.32 Å². The second-order valence-electron chi connectivity index (χ2n) is 5.19. The van der Waals surface area contributed by atoms with Crippen LogP contribution in [-0.2, 0) is 16.0 Å². The molecule has 2 rings (SSSR count). The average molecular weight is 333 g/mol. The van der Waals surface area contributed by atoms with Gasteiger partial charge in [-0.15, -0.1) is 12.4 Å². The molecular weight excluding hydrogens is 311 g/mol. The normalized spacial score (nSPS) is 19.5. The highest BCUT2D eigenvalue weighted by molar-refractivity contribution is 6.30. The van der Waals surface area contributed by atoms with E-state index in [-0.39, 0.29) is 30.5 Å². The summed E-state index contributed by atoms with van der Waals surface area (Å²) >= 11 is 5.87. The molecule has 4 nitrogen and oxygen atoms in total. The molecule has 1 aliphatic heterocycles. The van der Waals surface area contributed by atoms with Crippen LogP contribution >= 0.6 is 24.0 Å². The Bertz CT molecular complexity index is 447. The van der Waals surface area contributed by atoms with Gasteiger partial charge in [0.15, 0.2) is 0 Å². The first-order valence-electron chi connectivity index (χ1n) is 6.91. The molecule has 0 saturated carbocycles. The van der Waals surface area contributed by atoms with E-state index in [1.54, 1.807) is 4.90 Å². The number of likely N-dealkylation sites (N-methyl/N-ethyl adjacent to an activating group) is 1. The number of halogens is 2. The maximum Gasteiger partial charge on any atom is 0.253 e. The lowest BCUT2D eigenvalue weighted by atomic mass is 10.1. The molecule has 2 atom stereocenters. The van der Waals surface area contributed by atoms with Crippen molar-refractivity contribution in [3.8, 4) is 0 Å². The van der Waals surface area contributed by atoms with Gasteiger partial charge in [-0.05, 0) is 31.0 Å². The van der Waals surface area contributed by atoms with Crippen LogP contribution in [0.1, 0.15) is 12.5 Å². The Morgan fingerprint density at radius 2 is 2.14 bits per heavy atom. The van der Waals surface area contributed by atoms with Crippen LogP contribution in [0, 0.1) is 0 Å². The number of ether oxygens (including phenoxy) is 1. The summed E-state index contributed by atoms with van der Waals surface area (Å²) in [7, 11) is 1.83. The largest absolute Gasteiger partial charge is 0.366 e. The number of hydrogen-bond donors (Lipinski definition) is 1. The van der Waals surface area contributed by atoms with Crippen LogP contribution in [0.3, 0.4) is 0 Å². The van der Waals surface area contributed by atoms with Crippen molar-refractivity contribution in [2.75, 3.05) is 26.7 Å². The predicted molar refractivity (Wildman–Crippen MR) is 87.2 cm³/mol. The fourth-order valence-electron chi connectivity index (χ4n) is 2.27. The fraction of sp³-hybridized carbons (Fsp3) is 0.533. The zero-order chi connectivity index (χ0) is 14.5. The molecule has 1 aliphatic rings. The highest BCUT2D eigenvalue weighted by Crippen LogP contribution is 2.14. The van der Waals surface area contributed by atoms with Gasteiger partial charge in [0.2, 0.25) is 0 Å². The van der Waals surface area contributed by atoms with E-state index in [1.807, 2.05) is 38.2 Å². The highest BCUT2D eigenvalue weighted by atomic mass is 35.5. The number of morpholine rings is 1. The summed E-state index contributed by atoms with van der Waals surface area (Å²) in [6.45, 7) is 4.04. The summed E-state index contributed by atoms with van der Waals surface area (Å²) < 4.78 is 5.51. The van der Waals surface area contributed by atoms with Crippen LogP contribution in [-0.4, -0.2) is 49.7 Å². The Balaban J connectivity index is 0.00000220. The van der Waals surface area contributed by atoms with Crippen molar-refractivity contribution < 1.29 is 9.53 Å². The lowest BCUT2D eigenvalue weighted by Gasteiger charge is -2.31. The van der Waals surface area contributed by atoms with E-state index in [9.17, 15) is 4.79 Å². The number of carbonyl (C=O) groups is 1. The second-order valence-corrected chi connectivity index (χ2v) is 5.63. The minimum absolute atomic E-state index is 0. The quantitative estimate of drug-likeness (QED) is 0.918. The highest BCUT2D eigenvalue weighted by Gasteiger charge is 2.27. The third kappa shape index (κ3) is 5.15. The van der Waals surface area contributed by atoms with E-state index in [1.165, 1.54) is 5.56 Å². The SMILES string of the molecule is CC(Cc1ccc(Cl)cc1)N(C)C(=O)C1CNCCO1.Cl. The van der Waals surface area contributed by atoms with Crippen LogP contribution in [0.25, 0.3) is 0 Å². The van der Waals surface area contributed by atoms with Gasteiger partial charge in [-0.2, -0.15) is 0 Å². The van der Waals surface area contributed by atoms with Crippen molar-refractivity contribution >= 4 is 29.9 Å². The number of benzene rings is 1.